The van der Waals surface area contributed by atoms with E-state index in [0.29, 0.717) is 24.5 Å². The summed E-state index contributed by atoms with van der Waals surface area (Å²) in [6.45, 7) is 2.83. The molecule has 0 bridgehead atoms. The molecule has 0 spiro atoms. The van der Waals surface area contributed by atoms with Gasteiger partial charge in [-0.15, -0.1) is 0 Å². The predicted molar refractivity (Wildman–Crippen MR) is 52.1 cm³/mol. The van der Waals surface area contributed by atoms with E-state index in [1.165, 1.54) is 0 Å². The van der Waals surface area contributed by atoms with Crippen LogP contribution in [-0.2, 0) is 13.0 Å². The van der Waals surface area contributed by atoms with Crippen LogP contribution in [0.15, 0.2) is 0 Å². The quantitative estimate of drug-likeness (QED) is 0.614. The molecule has 0 aliphatic rings. The third-order valence-electron chi connectivity index (χ3n) is 1.99. The molecule has 0 saturated carbocycles. The zero-order valence-electron chi connectivity index (χ0n) is 7.82. The average Bonchev–Trinajstić information content (AvgIpc) is 2.39. The number of rotatable bonds is 4. The van der Waals surface area contributed by atoms with E-state index in [1.807, 2.05) is 6.92 Å². The molecular formula is C8H16N4O. The number of aryl methyl sites for hydroxylation is 1. The highest BCUT2D eigenvalue weighted by molar-refractivity contribution is 5.61. The Hall–Kier alpha value is -1.23. The monoisotopic (exact) mass is 184 g/mol. The lowest BCUT2D eigenvalue weighted by Gasteiger charge is -2.03. The molecular weight excluding hydrogens is 168 g/mol. The molecule has 0 fully saturated rings. The van der Waals surface area contributed by atoms with E-state index in [9.17, 15) is 0 Å². The third-order valence-corrected chi connectivity index (χ3v) is 1.99. The van der Waals surface area contributed by atoms with Gasteiger partial charge in [-0.2, -0.15) is 5.10 Å². The van der Waals surface area contributed by atoms with E-state index in [2.05, 4.69) is 5.10 Å². The maximum absolute atomic E-state index is 8.66. The predicted octanol–water partition coefficient (Wildman–Crippen LogP) is -0.00770. The molecule has 0 aromatic carbocycles. The third kappa shape index (κ3) is 1.92. The molecule has 74 valence electrons. The fraction of sp³-hybridized carbons (Fsp3) is 0.625. The Labute approximate surface area is 77.3 Å². The summed E-state index contributed by atoms with van der Waals surface area (Å²) in [6.07, 6.45) is 1.48. The minimum absolute atomic E-state index is 0.156. The van der Waals surface area contributed by atoms with Crippen LogP contribution in [-0.4, -0.2) is 21.5 Å². The molecule has 0 saturated heterocycles. The summed E-state index contributed by atoms with van der Waals surface area (Å²) >= 11 is 0. The Morgan fingerprint density at radius 2 is 2.15 bits per heavy atom. The van der Waals surface area contributed by atoms with Crippen LogP contribution >= 0.6 is 0 Å². The first-order valence-electron chi connectivity index (χ1n) is 4.42. The minimum Gasteiger partial charge on any atom is -0.396 e. The zero-order chi connectivity index (χ0) is 9.84. The summed E-state index contributed by atoms with van der Waals surface area (Å²) in [5.74, 6) is 0.384. The Balaban J connectivity index is 2.86. The molecule has 5 N–H and O–H groups in total. The molecule has 0 unspecified atom stereocenters. The smallest absolute Gasteiger partial charge is 0.169 e. The normalized spacial score (nSPS) is 10.6. The largest absolute Gasteiger partial charge is 0.396 e. The van der Waals surface area contributed by atoms with Crippen molar-refractivity contribution >= 4 is 11.5 Å². The molecule has 1 heterocycles. The topological polar surface area (TPSA) is 90.1 Å². The van der Waals surface area contributed by atoms with Crippen molar-refractivity contribution in [2.45, 2.75) is 26.3 Å². The first-order valence-corrected chi connectivity index (χ1v) is 4.42. The van der Waals surface area contributed by atoms with Crippen LogP contribution in [0.25, 0.3) is 0 Å². The molecule has 0 radical (unpaired) electrons. The van der Waals surface area contributed by atoms with Gasteiger partial charge in [-0.25, -0.2) is 0 Å². The van der Waals surface area contributed by atoms with Gasteiger partial charge in [-0.05, 0) is 12.8 Å². The highest BCUT2D eigenvalue weighted by atomic mass is 16.3. The maximum atomic E-state index is 8.66. The Morgan fingerprint density at radius 1 is 1.46 bits per heavy atom. The maximum Gasteiger partial charge on any atom is 0.169 e. The van der Waals surface area contributed by atoms with Crippen molar-refractivity contribution < 1.29 is 5.11 Å². The van der Waals surface area contributed by atoms with Gasteiger partial charge in [0.2, 0.25) is 0 Å². The number of nitrogen functional groups attached to an aromatic ring is 2. The summed E-state index contributed by atoms with van der Waals surface area (Å²) in [7, 11) is 0. The van der Waals surface area contributed by atoms with Crippen molar-refractivity contribution in [1.82, 2.24) is 9.78 Å². The highest BCUT2D eigenvalue weighted by Crippen LogP contribution is 2.19. The standard InChI is InChI=1S/C8H16N4O/c1-2-6-7(9)8(10)11-12(6)4-3-5-13/h13H,2-5,9H2,1H3,(H2,10,11). The van der Waals surface area contributed by atoms with Crippen molar-refractivity contribution in [1.29, 1.82) is 0 Å². The van der Waals surface area contributed by atoms with Gasteiger partial charge in [0.15, 0.2) is 5.82 Å². The number of aliphatic hydroxyl groups is 1. The first kappa shape index (κ1) is 9.85. The van der Waals surface area contributed by atoms with E-state index < -0.39 is 0 Å². The van der Waals surface area contributed by atoms with Gasteiger partial charge in [0.05, 0.1) is 11.4 Å². The molecule has 1 aromatic rings. The lowest BCUT2D eigenvalue weighted by Crippen LogP contribution is -2.06. The fourth-order valence-corrected chi connectivity index (χ4v) is 1.31. The van der Waals surface area contributed by atoms with Crippen molar-refractivity contribution in [3.05, 3.63) is 5.69 Å². The minimum atomic E-state index is 0.156. The molecule has 5 nitrogen and oxygen atoms in total. The van der Waals surface area contributed by atoms with Crippen molar-refractivity contribution in [3.8, 4) is 0 Å². The van der Waals surface area contributed by atoms with Crippen LogP contribution in [0, 0.1) is 0 Å². The highest BCUT2D eigenvalue weighted by Gasteiger charge is 2.10. The van der Waals surface area contributed by atoms with Gasteiger partial charge in [-0.3, -0.25) is 4.68 Å². The summed E-state index contributed by atoms with van der Waals surface area (Å²) in [5, 5.41) is 12.7. The number of hydrogen-bond acceptors (Lipinski definition) is 4. The van der Waals surface area contributed by atoms with Gasteiger partial charge < -0.3 is 16.6 Å². The van der Waals surface area contributed by atoms with Gasteiger partial charge >= 0.3 is 0 Å². The van der Waals surface area contributed by atoms with Crippen molar-refractivity contribution in [2.75, 3.05) is 18.1 Å². The SMILES string of the molecule is CCc1c(N)c(N)nn1CCCO. The Kier molecular flexibility index (Phi) is 3.13. The first-order chi connectivity index (χ1) is 6.20. The van der Waals surface area contributed by atoms with Crippen LogP contribution in [0.2, 0.25) is 0 Å². The summed E-state index contributed by atoms with van der Waals surface area (Å²) < 4.78 is 1.76. The molecule has 1 rings (SSSR count). The van der Waals surface area contributed by atoms with Gasteiger partial charge in [-0.1, -0.05) is 6.92 Å². The van der Waals surface area contributed by atoms with Crippen LogP contribution in [0.3, 0.4) is 0 Å². The van der Waals surface area contributed by atoms with E-state index in [0.717, 1.165) is 12.1 Å². The number of anilines is 2. The molecule has 0 aliphatic heterocycles. The zero-order valence-corrected chi connectivity index (χ0v) is 7.82. The van der Waals surface area contributed by atoms with Crippen LogP contribution in [0.1, 0.15) is 19.0 Å². The Morgan fingerprint density at radius 3 is 2.69 bits per heavy atom. The van der Waals surface area contributed by atoms with Gasteiger partial charge in [0.25, 0.3) is 0 Å². The fourth-order valence-electron chi connectivity index (χ4n) is 1.31. The number of aromatic nitrogens is 2. The van der Waals surface area contributed by atoms with E-state index >= 15 is 0 Å². The molecule has 0 atom stereocenters. The summed E-state index contributed by atoms with van der Waals surface area (Å²) in [6, 6.07) is 0. The van der Waals surface area contributed by atoms with Crippen molar-refractivity contribution in [3.63, 3.8) is 0 Å². The number of nitrogens with zero attached hydrogens (tertiary/aromatic N) is 2. The van der Waals surface area contributed by atoms with E-state index in [1.54, 1.807) is 4.68 Å². The van der Waals surface area contributed by atoms with E-state index in [4.69, 9.17) is 16.6 Å². The second-order valence-corrected chi connectivity index (χ2v) is 2.90. The van der Waals surface area contributed by atoms with Crippen molar-refractivity contribution in [2.24, 2.45) is 0 Å². The average molecular weight is 184 g/mol. The molecule has 13 heavy (non-hydrogen) atoms. The van der Waals surface area contributed by atoms with Crippen LogP contribution in [0.4, 0.5) is 11.5 Å². The lowest BCUT2D eigenvalue weighted by molar-refractivity contribution is 0.276. The second kappa shape index (κ2) is 4.13. The number of nitrogens with two attached hydrogens (primary N) is 2. The lowest BCUT2D eigenvalue weighted by atomic mass is 10.3. The second-order valence-electron chi connectivity index (χ2n) is 2.90. The van der Waals surface area contributed by atoms with Gasteiger partial charge in [0, 0.05) is 13.2 Å². The van der Waals surface area contributed by atoms with E-state index in [-0.39, 0.29) is 6.61 Å². The number of hydrogen-bond donors (Lipinski definition) is 3. The molecule has 0 aliphatic carbocycles. The summed E-state index contributed by atoms with van der Waals surface area (Å²) in [4.78, 5) is 0. The molecule has 5 heteroatoms. The van der Waals surface area contributed by atoms with Gasteiger partial charge in [0.1, 0.15) is 0 Å². The Bertz CT molecular complexity index is 282. The molecule has 1 aromatic heterocycles. The summed E-state index contributed by atoms with van der Waals surface area (Å²) in [5.41, 5.74) is 12.8. The van der Waals surface area contributed by atoms with Crippen LogP contribution < -0.4 is 11.5 Å². The molecule has 0 amide bonds. The van der Waals surface area contributed by atoms with Crippen LogP contribution in [0.5, 0.6) is 0 Å². The number of aliphatic hydroxyl groups excluding tert-OH is 1.